The number of carbonyl (C=O) groups is 1. The Morgan fingerprint density at radius 2 is 2.20 bits per heavy atom. The molecule has 0 spiro atoms. The van der Waals surface area contributed by atoms with E-state index in [1.165, 1.54) is 0 Å². The average Bonchev–Trinajstić information content (AvgIpc) is 2.19. The molecule has 0 fully saturated rings. The maximum Gasteiger partial charge on any atom is 0.220 e. The summed E-state index contributed by atoms with van der Waals surface area (Å²) < 4.78 is 5.01. The van der Waals surface area contributed by atoms with E-state index in [9.17, 15) is 4.79 Å². The topological polar surface area (TPSA) is 38.3 Å². The van der Waals surface area contributed by atoms with E-state index in [1.54, 1.807) is 7.11 Å². The molecule has 90 valence electrons. The van der Waals surface area contributed by atoms with Crippen LogP contribution in [0.4, 0.5) is 0 Å². The van der Waals surface area contributed by atoms with Crippen LogP contribution in [0.5, 0.6) is 0 Å². The van der Waals surface area contributed by atoms with Gasteiger partial charge < -0.3 is 10.1 Å². The van der Waals surface area contributed by atoms with Crippen LogP contribution in [0.25, 0.3) is 0 Å². The van der Waals surface area contributed by atoms with E-state index in [1.807, 2.05) is 0 Å². The molecule has 1 atom stereocenters. The Kier molecular flexibility index (Phi) is 10.1. The first-order valence-corrected chi connectivity index (χ1v) is 6.12. The molecule has 4 heteroatoms. The molecule has 15 heavy (non-hydrogen) atoms. The molecule has 0 aliphatic rings. The zero-order valence-electron chi connectivity index (χ0n) is 9.72. The van der Waals surface area contributed by atoms with E-state index in [0.717, 1.165) is 25.7 Å². The van der Waals surface area contributed by atoms with Gasteiger partial charge in [-0.05, 0) is 12.8 Å². The van der Waals surface area contributed by atoms with Crippen molar-refractivity contribution in [3.05, 3.63) is 0 Å². The van der Waals surface area contributed by atoms with Gasteiger partial charge in [-0.1, -0.05) is 19.8 Å². The lowest BCUT2D eigenvalue weighted by molar-refractivity contribution is -0.122. The minimum atomic E-state index is 0.0571. The lowest BCUT2D eigenvalue weighted by Gasteiger charge is -2.16. The summed E-state index contributed by atoms with van der Waals surface area (Å²) in [5.74, 6) is 0.652. The summed E-state index contributed by atoms with van der Waals surface area (Å²) in [4.78, 5) is 11.5. The smallest absolute Gasteiger partial charge is 0.220 e. The number of alkyl halides is 1. The summed E-state index contributed by atoms with van der Waals surface area (Å²) in [5.41, 5.74) is 0. The lowest BCUT2D eigenvalue weighted by Crippen LogP contribution is -2.38. The van der Waals surface area contributed by atoms with E-state index in [0.29, 0.717) is 18.9 Å². The van der Waals surface area contributed by atoms with E-state index in [-0.39, 0.29) is 11.9 Å². The Labute approximate surface area is 97.5 Å². The van der Waals surface area contributed by atoms with Crippen molar-refractivity contribution in [1.82, 2.24) is 5.32 Å². The number of methoxy groups -OCH3 is 1. The molecular weight excluding hydrogens is 214 g/mol. The molecule has 0 rings (SSSR count). The minimum absolute atomic E-state index is 0.0571. The summed E-state index contributed by atoms with van der Waals surface area (Å²) in [7, 11) is 1.63. The Morgan fingerprint density at radius 3 is 2.73 bits per heavy atom. The van der Waals surface area contributed by atoms with Crippen molar-refractivity contribution in [2.45, 2.75) is 45.1 Å². The van der Waals surface area contributed by atoms with Crippen molar-refractivity contribution >= 4 is 17.5 Å². The molecule has 0 bridgehead atoms. The first kappa shape index (κ1) is 14.7. The van der Waals surface area contributed by atoms with E-state index < -0.39 is 0 Å². The van der Waals surface area contributed by atoms with Gasteiger partial charge in [0.25, 0.3) is 0 Å². The average molecular weight is 236 g/mol. The summed E-state index contributed by atoms with van der Waals surface area (Å²) in [6, 6.07) is 0.0571. The van der Waals surface area contributed by atoms with Crippen molar-refractivity contribution in [1.29, 1.82) is 0 Å². The first-order valence-electron chi connectivity index (χ1n) is 5.58. The summed E-state index contributed by atoms with van der Waals surface area (Å²) in [6.07, 6.45) is 4.57. The molecule has 0 aromatic rings. The minimum Gasteiger partial charge on any atom is -0.383 e. The zero-order chi connectivity index (χ0) is 11.5. The fourth-order valence-electron chi connectivity index (χ4n) is 1.37. The molecule has 0 saturated carbocycles. The molecule has 1 N–H and O–H groups in total. The van der Waals surface area contributed by atoms with Crippen molar-refractivity contribution in [3.8, 4) is 0 Å². The van der Waals surface area contributed by atoms with Gasteiger partial charge in [0, 0.05) is 19.4 Å². The van der Waals surface area contributed by atoms with Crippen LogP contribution in [0.15, 0.2) is 0 Å². The largest absolute Gasteiger partial charge is 0.383 e. The van der Waals surface area contributed by atoms with Gasteiger partial charge in [-0.25, -0.2) is 0 Å². The van der Waals surface area contributed by atoms with Gasteiger partial charge in [0.2, 0.25) is 5.91 Å². The number of hydrogen-bond acceptors (Lipinski definition) is 2. The second-order valence-electron chi connectivity index (χ2n) is 3.65. The van der Waals surface area contributed by atoms with Crippen LogP contribution >= 0.6 is 11.6 Å². The van der Waals surface area contributed by atoms with Gasteiger partial charge >= 0.3 is 0 Å². The van der Waals surface area contributed by atoms with Crippen LogP contribution in [0.3, 0.4) is 0 Å². The van der Waals surface area contributed by atoms with Crippen molar-refractivity contribution in [3.63, 3.8) is 0 Å². The highest BCUT2D eigenvalue weighted by molar-refractivity contribution is 6.17. The highest BCUT2D eigenvalue weighted by atomic mass is 35.5. The number of carbonyl (C=O) groups excluding carboxylic acids is 1. The Morgan fingerprint density at radius 1 is 1.47 bits per heavy atom. The molecule has 0 aromatic heterocycles. The third-order valence-corrected chi connectivity index (χ3v) is 2.42. The number of ether oxygens (including phenoxy) is 1. The monoisotopic (exact) mass is 235 g/mol. The van der Waals surface area contributed by atoms with Gasteiger partial charge in [0.1, 0.15) is 0 Å². The predicted molar refractivity (Wildman–Crippen MR) is 63.3 cm³/mol. The first-order chi connectivity index (χ1) is 7.24. The second kappa shape index (κ2) is 10.2. The Hall–Kier alpha value is -0.280. The van der Waals surface area contributed by atoms with Crippen LogP contribution in [0.2, 0.25) is 0 Å². The van der Waals surface area contributed by atoms with Crippen LogP contribution in [-0.4, -0.2) is 31.5 Å². The Balaban J connectivity index is 3.67. The number of halogens is 1. The molecule has 0 radical (unpaired) electrons. The predicted octanol–water partition coefficient (Wildman–Crippen LogP) is 2.33. The van der Waals surface area contributed by atoms with Crippen molar-refractivity contribution in [2.75, 3.05) is 19.6 Å². The summed E-state index contributed by atoms with van der Waals surface area (Å²) in [5, 5.41) is 2.93. The fourth-order valence-corrected chi connectivity index (χ4v) is 1.63. The number of unbranched alkanes of at least 4 members (excludes halogenated alkanes) is 2. The molecular formula is C11H22ClNO2. The molecule has 1 amide bonds. The van der Waals surface area contributed by atoms with E-state index in [4.69, 9.17) is 16.3 Å². The Bertz CT molecular complexity index is 159. The number of rotatable bonds is 9. The standard InChI is InChI=1S/C11H22ClNO2/c1-3-4-5-6-11(14)13-10(7-8-12)9-15-2/h10H,3-9H2,1-2H3,(H,13,14). The van der Waals surface area contributed by atoms with Gasteiger partial charge in [0.15, 0.2) is 0 Å². The molecule has 0 heterocycles. The zero-order valence-corrected chi connectivity index (χ0v) is 10.5. The SMILES string of the molecule is CCCCCC(=O)NC(CCCl)COC. The third-order valence-electron chi connectivity index (χ3n) is 2.20. The molecule has 0 saturated heterocycles. The molecule has 0 aliphatic carbocycles. The van der Waals surface area contributed by atoms with Crippen LogP contribution in [-0.2, 0) is 9.53 Å². The van der Waals surface area contributed by atoms with Crippen LogP contribution in [0.1, 0.15) is 39.0 Å². The highest BCUT2D eigenvalue weighted by Crippen LogP contribution is 2.01. The van der Waals surface area contributed by atoms with E-state index >= 15 is 0 Å². The van der Waals surface area contributed by atoms with Crippen molar-refractivity contribution < 1.29 is 9.53 Å². The third kappa shape index (κ3) is 8.70. The number of nitrogens with one attached hydrogen (secondary N) is 1. The normalized spacial score (nSPS) is 12.5. The van der Waals surface area contributed by atoms with Crippen LogP contribution in [0, 0.1) is 0 Å². The van der Waals surface area contributed by atoms with Gasteiger partial charge in [-0.15, -0.1) is 11.6 Å². The quantitative estimate of drug-likeness (QED) is 0.492. The molecule has 0 aromatic carbocycles. The van der Waals surface area contributed by atoms with Gasteiger partial charge in [-0.2, -0.15) is 0 Å². The van der Waals surface area contributed by atoms with Crippen LogP contribution < -0.4 is 5.32 Å². The number of amides is 1. The molecule has 0 aliphatic heterocycles. The van der Waals surface area contributed by atoms with Gasteiger partial charge in [0.05, 0.1) is 12.6 Å². The molecule has 3 nitrogen and oxygen atoms in total. The highest BCUT2D eigenvalue weighted by Gasteiger charge is 2.10. The molecule has 1 unspecified atom stereocenters. The fraction of sp³-hybridized carbons (Fsp3) is 0.909. The summed E-state index contributed by atoms with van der Waals surface area (Å²) in [6.45, 7) is 2.66. The van der Waals surface area contributed by atoms with Crippen molar-refractivity contribution in [2.24, 2.45) is 0 Å². The van der Waals surface area contributed by atoms with Gasteiger partial charge in [-0.3, -0.25) is 4.79 Å². The second-order valence-corrected chi connectivity index (χ2v) is 4.03. The van der Waals surface area contributed by atoms with E-state index in [2.05, 4.69) is 12.2 Å². The summed E-state index contributed by atoms with van der Waals surface area (Å²) >= 11 is 5.64. The maximum absolute atomic E-state index is 11.5. The maximum atomic E-state index is 11.5. The lowest BCUT2D eigenvalue weighted by atomic mass is 10.2. The number of hydrogen-bond donors (Lipinski definition) is 1.